The minimum absolute atomic E-state index is 0.0847. The molecule has 0 radical (unpaired) electrons. The number of cyclic esters (lactones) is 1. The molecular formula is C28H46O6. The van der Waals surface area contributed by atoms with Crippen LogP contribution in [-0.4, -0.2) is 45.6 Å². The molecule has 0 aromatic heterocycles. The third-order valence-corrected chi connectivity index (χ3v) is 7.01. The number of aliphatic hydroxyl groups is 3. The monoisotopic (exact) mass is 478 g/mol. The van der Waals surface area contributed by atoms with Crippen molar-refractivity contribution in [2.24, 2.45) is 23.7 Å². The maximum atomic E-state index is 12.4. The van der Waals surface area contributed by atoms with E-state index in [-0.39, 0.29) is 42.5 Å². The summed E-state index contributed by atoms with van der Waals surface area (Å²) >= 11 is 0. The van der Waals surface area contributed by atoms with Crippen LogP contribution in [0.25, 0.3) is 0 Å². The van der Waals surface area contributed by atoms with Crippen LogP contribution in [0.3, 0.4) is 0 Å². The number of rotatable bonds is 9. The predicted octanol–water partition coefficient (Wildman–Crippen LogP) is 5.03. The van der Waals surface area contributed by atoms with Crippen LogP contribution in [-0.2, 0) is 14.3 Å². The Hall–Kier alpha value is -1.47. The van der Waals surface area contributed by atoms with Gasteiger partial charge in [0, 0.05) is 18.8 Å². The molecule has 0 aliphatic carbocycles. The second-order valence-electron chi connectivity index (χ2n) is 10.7. The molecule has 0 amide bonds. The van der Waals surface area contributed by atoms with Gasteiger partial charge >= 0.3 is 5.97 Å². The van der Waals surface area contributed by atoms with Gasteiger partial charge in [0.25, 0.3) is 5.97 Å². The highest BCUT2D eigenvalue weighted by Crippen LogP contribution is 2.37. The quantitative estimate of drug-likeness (QED) is 0.141. The Labute approximate surface area is 205 Å². The van der Waals surface area contributed by atoms with Crippen LogP contribution in [0.2, 0.25) is 0 Å². The third-order valence-electron chi connectivity index (χ3n) is 7.01. The number of hydrogen-bond acceptors (Lipinski definition) is 6. The number of hydrogen-bond donors (Lipinski definition) is 3. The summed E-state index contributed by atoms with van der Waals surface area (Å²) in [5, 5.41) is 27.2. The standard InChI is InChI=1S/C28H46O6/c1-19-10-6-7-15-25(29)34-26(21(3)13-8-11-19)22(4)14-9-12-20(2)18-24-27(33-24)23(5)16-17-28(30,31)32/h8-9,12-14,19-21,23-24,26-27,30-32H,6-7,10-11,15-18H2,1-5H3/b12-9?,13-8-,22-14?. The molecule has 7 unspecified atom stereocenters. The summed E-state index contributed by atoms with van der Waals surface area (Å²) in [5.74, 6) is -1.49. The van der Waals surface area contributed by atoms with Crippen molar-refractivity contribution in [3.8, 4) is 0 Å². The van der Waals surface area contributed by atoms with Crippen molar-refractivity contribution < 1.29 is 29.6 Å². The van der Waals surface area contributed by atoms with Crippen molar-refractivity contribution in [2.75, 3.05) is 0 Å². The second-order valence-corrected chi connectivity index (χ2v) is 10.7. The SMILES string of the molecule is CC(=CC=CC(C)CC1OC1C(C)CCC(O)(O)O)C1OC(=O)CCCCC(C)C/C=C\C1C. The zero-order chi connectivity index (χ0) is 25.3. The van der Waals surface area contributed by atoms with Crippen LogP contribution in [0.15, 0.2) is 36.0 Å². The fourth-order valence-electron chi connectivity index (χ4n) is 4.69. The molecule has 6 heteroatoms. The Morgan fingerprint density at radius 3 is 2.68 bits per heavy atom. The van der Waals surface area contributed by atoms with E-state index in [4.69, 9.17) is 24.8 Å². The number of ether oxygens (including phenoxy) is 2. The largest absolute Gasteiger partial charge is 0.457 e. The molecule has 2 aliphatic rings. The normalized spacial score (nSPS) is 32.4. The molecule has 0 aromatic rings. The highest BCUT2D eigenvalue weighted by atomic mass is 16.7. The Balaban J connectivity index is 1.89. The number of epoxide rings is 1. The fourth-order valence-corrected chi connectivity index (χ4v) is 4.69. The molecule has 2 heterocycles. The molecule has 194 valence electrons. The molecule has 0 saturated carbocycles. The molecule has 2 aliphatic heterocycles. The lowest BCUT2D eigenvalue weighted by Crippen LogP contribution is -2.28. The predicted molar refractivity (Wildman–Crippen MR) is 134 cm³/mol. The van der Waals surface area contributed by atoms with E-state index in [2.05, 4.69) is 39.0 Å². The average Bonchev–Trinajstić information content (AvgIpc) is 3.50. The first kappa shape index (κ1) is 28.8. The van der Waals surface area contributed by atoms with Crippen molar-refractivity contribution in [1.82, 2.24) is 0 Å². The van der Waals surface area contributed by atoms with Crippen molar-refractivity contribution in [3.05, 3.63) is 36.0 Å². The van der Waals surface area contributed by atoms with Gasteiger partial charge in [0.15, 0.2) is 0 Å². The van der Waals surface area contributed by atoms with Crippen LogP contribution < -0.4 is 0 Å². The molecule has 2 rings (SSSR count). The zero-order valence-electron chi connectivity index (χ0n) is 21.7. The first-order valence-corrected chi connectivity index (χ1v) is 13.0. The molecule has 1 saturated heterocycles. The third kappa shape index (κ3) is 10.9. The fraction of sp³-hybridized carbons (Fsp3) is 0.750. The second kappa shape index (κ2) is 13.6. The lowest BCUT2D eigenvalue weighted by molar-refractivity contribution is -0.315. The van der Waals surface area contributed by atoms with Crippen LogP contribution in [0.5, 0.6) is 0 Å². The van der Waals surface area contributed by atoms with Gasteiger partial charge in [0.2, 0.25) is 0 Å². The van der Waals surface area contributed by atoms with E-state index < -0.39 is 5.97 Å². The van der Waals surface area contributed by atoms with Gasteiger partial charge in [0.1, 0.15) is 6.10 Å². The molecule has 7 atom stereocenters. The van der Waals surface area contributed by atoms with E-state index in [0.29, 0.717) is 24.7 Å². The molecule has 3 N–H and O–H groups in total. The summed E-state index contributed by atoms with van der Waals surface area (Å²) in [6.45, 7) is 10.5. The Kier molecular flexibility index (Phi) is 11.5. The minimum Gasteiger partial charge on any atom is -0.457 e. The molecule has 0 aromatic carbocycles. The zero-order valence-corrected chi connectivity index (χ0v) is 21.7. The maximum absolute atomic E-state index is 12.4. The first-order valence-electron chi connectivity index (χ1n) is 13.0. The minimum atomic E-state index is -2.60. The lowest BCUT2D eigenvalue weighted by Gasteiger charge is -2.24. The van der Waals surface area contributed by atoms with Gasteiger partial charge < -0.3 is 24.8 Å². The smallest absolute Gasteiger partial charge is 0.306 e. The number of carbonyl (C=O) groups is 1. The highest BCUT2D eigenvalue weighted by molar-refractivity contribution is 5.69. The topological polar surface area (TPSA) is 99.5 Å². The molecule has 1 fully saturated rings. The van der Waals surface area contributed by atoms with E-state index in [1.165, 1.54) is 0 Å². The molecule has 0 bridgehead atoms. The van der Waals surface area contributed by atoms with Crippen LogP contribution in [0.4, 0.5) is 0 Å². The van der Waals surface area contributed by atoms with E-state index in [9.17, 15) is 4.79 Å². The summed E-state index contributed by atoms with van der Waals surface area (Å²) in [5.41, 5.74) is 1.04. The van der Waals surface area contributed by atoms with Gasteiger partial charge in [-0.3, -0.25) is 4.79 Å². The Bertz CT molecular complexity index is 719. The maximum Gasteiger partial charge on any atom is 0.306 e. The average molecular weight is 479 g/mol. The summed E-state index contributed by atoms with van der Waals surface area (Å²) in [7, 11) is 0. The van der Waals surface area contributed by atoms with Gasteiger partial charge in [0.05, 0.1) is 12.2 Å². The van der Waals surface area contributed by atoms with Gasteiger partial charge in [-0.25, -0.2) is 0 Å². The highest BCUT2D eigenvalue weighted by Gasteiger charge is 2.43. The lowest BCUT2D eigenvalue weighted by atomic mass is 9.93. The summed E-state index contributed by atoms with van der Waals surface area (Å²) in [6, 6.07) is 0. The summed E-state index contributed by atoms with van der Waals surface area (Å²) < 4.78 is 11.7. The van der Waals surface area contributed by atoms with Gasteiger partial charge in [-0.05, 0) is 55.9 Å². The first-order chi connectivity index (χ1) is 16.0. The van der Waals surface area contributed by atoms with E-state index in [0.717, 1.165) is 37.7 Å². The van der Waals surface area contributed by atoms with Crippen molar-refractivity contribution in [1.29, 1.82) is 0 Å². The van der Waals surface area contributed by atoms with Crippen molar-refractivity contribution >= 4 is 5.97 Å². The van der Waals surface area contributed by atoms with E-state index in [1.54, 1.807) is 0 Å². The van der Waals surface area contributed by atoms with Gasteiger partial charge in [-0.15, -0.1) is 0 Å². The number of esters is 1. The van der Waals surface area contributed by atoms with E-state index >= 15 is 0 Å². The van der Waals surface area contributed by atoms with E-state index in [1.807, 2.05) is 26.0 Å². The molecular weight excluding hydrogens is 432 g/mol. The summed E-state index contributed by atoms with van der Waals surface area (Å²) in [6.07, 6.45) is 16.6. The van der Waals surface area contributed by atoms with Crippen LogP contribution >= 0.6 is 0 Å². The molecule has 34 heavy (non-hydrogen) atoms. The molecule has 6 nitrogen and oxygen atoms in total. The number of carbonyl (C=O) groups excluding carboxylic acids is 1. The Morgan fingerprint density at radius 1 is 1.24 bits per heavy atom. The van der Waals surface area contributed by atoms with Crippen molar-refractivity contribution in [2.45, 2.75) is 110 Å². The van der Waals surface area contributed by atoms with Crippen LogP contribution in [0, 0.1) is 23.7 Å². The van der Waals surface area contributed by atoms with Gasteiger partial charge in [-0.2, -0.15) is 0 Å². The van der Waals surface area contributed by atoms with Crippen LogP contribution in [0.1, 0.15) is 86.0 Å². The Morgan fingerprint density at radius 2 is 1.97 bits per heavy atom. The number of allylic oxidation sites excluding steroid dienone is 4. The summed E-state index contributed by atoms with van der Waals surface area (Å²) in [4.78, 5) is 12.4. The molecule has 0 spiro atoms. The van der Waals surface area contributed by atoms with Crippen molar-refractivity contribution in [3.63, 3.8) is 0 Å². The van der Waals surface area contributed by atoms with Gasteiger partial charge in [-0.1, -0.05) is 70.9 Å².